The van der Waals surface area contributed by atoms with Crippen LogP contribution >= 0.6 is 11.8 Å². The summed E-state index contributed by atoms with van der Waals surface area (Å²) in [5.74, 6) is 2.63. The highest BCUT2D eigenvalue weighted by atomic mass is 32.2. The third-order valence-corrected chi connectivity index (χ3v) is 8.69. The Bertz CT molecular complexity index is 1120. The van der Waals surface area contributed by atoms with Gasteiger partial charge in [-0.3, -0.25) is 9.20 Å². The predicted molar refractivity (Wildman–Crippen MR) is 120 cm³/mol. The molecule has 2 heterocycles. The summed E-state index contributed by atoms with van der Waals surface area (Å²) < 4.78 is 2.08. The summed E-state index contributed by atoms with van der Waals surface area (Å²) in [6.45, 7) is 4.10. The van der Waals surface area contributed by atoms with Crippen LogP contribution in [0.25, 0.3) is 16.6 Å². The Morgan fingerprint density at radius 3 is 2.50 bits per heavy atom. The third kappa shape index (κ3) is 2.95. The van der Waals surface area contributed by atoms with Crippen molar-refractivity contribution in [3.05, 3.63) is 35.9 Å². The quantitative estimate of drug-likeness (QED) is 0.619. The molecular weight excluding hydrogens is 392 g/mol. The Balaban J connectivity index is 1.26. The van der Waals surface area contributed by atoms with E-state index in [2.05, 4.69) is 51.1 Å². The third-order valence-electron chi connectivity index (χ3n) is 7.65. The predicted octanol–water partition coefficient (Wildman–Crippen LogP) is 4.76. The minimum atomic E-state index is -0.203. The SMILES string of the molecule is Cc1cc2nnc(SC(C)C(=O)NC34CC5CC(CC(C5)C3)C4)n2c2ccccc12. The Morgan fingerprint density at radius 2 is 1.80 bits per heavy atom. The molecule has 1 unspecified atom stereocenters. The van der Waals surface area contributed by atoms with Gasteiger partial charge < -0.3 is 5.32 Å². The zero-order chi connectivity index (χ0) is 20.5. The Morgan fingerprint density at radius 1 is 1.13 bits per heavy atom. The Hall–Kier alpha value is -2.08. The zero-order valence-corrected chi connectivity index (χ0v) is 18.4. The Labute approximate surface area is 181 Å². The molecule has 1 atom stereocenters. The van der Waals surface area contributed by atoms with E-state index >= 15 is 0 Å². The number of thioether (sulfide) groups is 1. The van der Waals surface area contributed by atoms with E-state index in [1.165, 1.54) is 61.2 Å². The molecule has 4 aliphatic rings. The number of carbonyl (C=O) groups excluding carboxylic acids is 1. The van der Waals surface area contributed by atoms with Gasteiger partial charge in [0, 0.05) is 10.9 Å². The highest BCUT2D eigenvalue weighted by molar-refractivity contribution is 8.00. The van der Waals surface area contributed by atoms with Gasteiger partial charge in [-0.25, -0.2) is 0 Å². The number of fused-ring (bicyclic) bond motifs is 3. The maximum Gasteiger partial charge on any atom is 0.233 e. The lowest BCUT2D eigenvalue weighted by Crippen LogP contribution is -2.60. The molecule has 156 valence electrons. The van der Waals surface area contributed by atoms with Gasteiger partial charge in [-0.1, -0.05) is 30.0 Å². The minimum absolute atomic E-state index is 0.0529. The van der Waals surface area contributed by atoms with E-state index in [4.69, 9.17) is 0 Å². The van der Waals surface area contributed by atoms with Gasteiger partial charge in [0.1, 0.15) is 0 Å². The summed E-state index contributed by atoms with van der Waals surface area (Å²) in [5, 5.41) is 14.1. The van der Waals surface area contributed by atoms with E-state index in [0.717, 1.165) is 34.1 Å². The van der Waals surface area contributed by atoms with E-state index in [1.54, 1.807) is 0 Å². The maximum atomic E-state index is 13.2. The number of pyridine rings is 1. The summed E-state index contributed by atoms with van der Waals surface area (Å²) in [7, 11) is 0. The number of amides is 1. The summed E-state index contributed by atoms with van der Waals surface area (Å²) >= 11 is 1.51. The molecule has 4 bridgehead atoms. The van der Waals surface area contributed by atoms with Crippen LogP contribution in [0.5, 0.6) is 0 Å². The zero-order valence-electron chi connectivity index (χ0n) is 17.6. The van der Waals surface area contributed by atoms with Gasteiger partial charge in [-0.2, -0.15) is 0 Å². The number of aryl methyl sites for hydroxylation is 1. The molecule has 4 saturated carbocycles. The average Bonchev–Trinajstić information content (AvgIpc) is 3.09. The topological polar surface area (TPSA) is 59.3 Å². The second-order valence-electron chi connectivity index (χ2n) is 9.97. The molecule has 3 aromatic rings. The molecule has 1 aromatic carbocycles. The molecule has 4 aliphatic carbocycles. The second kappa shape index (κ2) is 6.71. The van der Waals surface area contributed by atoms with Crippen LogP contribution in [-0.2, 0) is 4.79 Å². The smallest absolute Gasteiger partial charge is 0.233 e. The Kier molecular flexibility index (Phi) is 4.18. The largest absolute Gasteiger partial charge is 0.350 e. The number of aromatic nitrogens is 3. The molecule has 0 saturated heterocycles. The number of para-hydroxylation sites is 1. The highest BCUT2D eigenvalue weighted by Gasteiger charge is 2.51. The van der Waals surface area contributed by atoms with Gasteiger partial charge in [0.15, 0.2) is 10.8 Å². The number of hydrogen-bond acceptors (Lipinski definition) is 4. The first-order valence-electron chi connectivity index (χ1n) is 11.2. The van der Waals surface area contributed by atoms with Crippen LogP contribution in [0.15, 0.2) is 35.5 Å². The fraction of sp³-hybridized carbons (Fsp3) is 0.542. The first-order valence-corrected chi connectivity index (χ1v) is 12.1. The molecule has 7 rings (SSSR count). The van der Waals surface area contributed by atoms with Gasteiger partial charge >= 0.3 is 0 Å². The minimum Gasteiger partial charge on any atom is -0.350 e. The highest BCUT2D eigenvalue weighted by Crippen LogP contribution is 2.55. The van der Waals surface area contributed by atoms with Crippen LogP contribution in [0.2, 0.25) is 0 Å². The number of nitrogens with one attached hydrogen (secondary N) is 1. The summed E-state index contributed by atoms with van der Waals surface area (Å²) in [4.78, 5) is 13.2. The summed E-state index contributed by atoms with van der Waals surface area (Å²) in [6.07, 6.45) is 7.70. The van der Waals surface area contributed by atoms with Crippen molar-refractivity contribution in [2.45, 2.75) is 68.3 Å². The molecule has 30 heavy (non-hydrogen) atoms. The molecule has 5 nitrogen and oxygen atoms in total. The molecule has 0 spiro atoms. The lowest BCUT2D eigenvalue weighted by molar-refractivity contribution is -0.126. The molecule has 1 amide bonds. The van der Waals surface area contributed by atoms with Crippen LogP contribution in [0.3, 0.4) is 0 Å². The van der Waals surface area contributed by atoms with Crippen molar-refractivity contribution in [2.75, 3.05) is 0 Å². The number of nitrogens with zero attached hydrogens (tertiary/aromatic N) is 3. The molecule has 6 heteroatoms. The second-order valence-corrected chi connectivity index (χ2v) is 11.3. The van der Waals surface area contributed by atoms with Crippen molar-refractivity contribution in [2.24, 2.45) is 17.8 Å². The van der Waals surface area contributed by atoms with E-state index in [0.29, 0.717) is 0 Å². The van der Waals surface area contributed by atoms with Crippen molar-refractivity contribution in [3.8, 4) is 0 Å². The first kappa shape index (κ1) is 18.7. The molecular formula is C24H28N4OS. The van der Waals surface area contributed by atoms with E-state index in [-0.39, 0.29) is 16.7 Å². The van der Waals surface area contributed by atoms with Crippen molar-refractivity contribution in [1.29, 1.82) is 0 Å². The van der Waals surface area contributed by atoms with E-state index in [1.807, 2.05) is 13.0 Å². The standard InChI is InChI=1S/C24H28N4OS/c1-14-7-21-26-27-23(28(21)20-6-4-3-5-19(14)20)30-15(2)22(29)25-24-11-16-8-17(12-24)10-18(9-16)13-24/h3-7,15-18H,8-13H2,1-2H3,(H,25,29). The van der Waals surface area contributed by atoms with Crippen molar-refractivity contribution in [3.63, 3.8) is 0 Å². The maximum absolute atomic E-state index is 13.2. The van der Waals surface area contributed by atoms with Crippen LogP contribution in [0, 0.1) is 24.7 Å². The number of benzene rings is 1. The van der Waals surface area contributed by atoms with Gasteiger partial charge in [0.2, 0.25) is 5.91 Å². The van der Waals surface area contributed by atoms with Gasteiger partial charge in [0.05, 0.1) is 10.8 Å². The fourth-order valence-corrected chi connectivity index (χ4v) is 7.66. The average molecular weight is 421 g/mol. The number of carbonyl (C=O) groups is 1. The van der Waals surface area contributed by atoms with Crippen LogP contribution in [-0.4, -0.2) is 31.3 Å². The van der Waals surface area contributed by atoms with Gasteiger partial charge in [0.25, 0.3) is 0 Å². The summed E-state index contributed by atoms with van der Waals surface area (Å²) in [6, 6.07) is 10.4. The lowest BCUT2D eigenvalue weighted by atomic mass is 9.53. The molecule has 4 fully saturated rings. The normalized spacial score (nSPS) is 30.8. The van der Waals surface area contributed by atoms with E-state index < -0.39 is 0 Å². The van der Waals surface area contributed by atoms with Crippen molar-refractivity contribution >= 4 is 34.2 Å². The number of hydrogen-bond donors (Lipinski definition) is 1. The molecule has 0 radical (unpaired) electrons. The van der Waals surface area contributed by atoms with Crippen LogP contribution in [0.1, 0.15) is 51.0 Å². The van der Waals surface area contributed by atoms with Crippen LogP contribution in [0.4, 0.5) is 0 Å². The molecule has 2 aromatic heterocycles. The van der Waals surface area contributed by atoms with Gasteiger partial charge in [-0.15, -0.1) is 10.2 Å². The van der Waals surface area contributed by atoms with Crippen molar-refractivity contribution in [1.82, 2.24) is 19.9 Å². The first-order chi connectivity index (χ1) is 14.5. The lowest BCUT2D eigenvalue weighted by Gasteiger charge is -2.57. The molecule has 0 aliphatic heterocycles. The van der Waals surface area contributed by atoms with E-state index in [9.17, 15) is 4.79 Å². The monoisotopic (exact) mass is 420 g/mol. The summed E-state index contributed by atoms with van der Waals surface area (Å²) in [5.41, 5.74) is 3.17. The van der Waals surface area contributed by atoms with Gasteiger partial charge in [-0.05, 0) is 87.8 Å². The van der Waals surface area contributed by atoms with Crippen molar-refractivity contribution < 1.29 is 4.79 Å². The fourth-order valence-electron chi connectivity index (χ4n) is 6.79. The number of rotatable bonds is 4. The molecule has 1 N–H and O–H groups in total. The van der Waals surface area contributed by atoms with Crippen LogP contribution < -0.4 is 5.32 Å².